The molecule has 124 valence electrons. The van der Waals surface area contributed by atoms with Crippen LogP contribution in [0.4, 0.5) is 0 Å². The molecule has 5 nitrogen and oxygen atoms in total. The third-order valence-electron chi connectivity index (χ3n) is 2.47. The van der Waals surface area contributed by atoms with Gasteiger partial charge in [0, 0.05) is 0 Å². The smallest absolute Gasteiger partial charge is 0.350 e. The summed E-state index contributed by atoms with van der Waals surface area (Å²) in [5.41, 5.74) is -2.58. The van der Waals surface area contributed by atoms with E-state index in [-0.39, 0.29) is 0 Å². The van der Waals surface area contributed by atoms with Crippen LogP contribution in [0.5, 0.6) is 0 Å². The minimum absolute atomic E-state index is 0.395. The molecule has 0 fully saturated rings. The molecule has 0 spiro atoms. The molecule has 1 aromatic carbocycles. The zero-order valence-electron chi connectivity index (χ0n) is 14.0. The number of rotatable bonds is 5. The van der Waals surface area contributed by atoms with Crippen molar-refractivity contribution >= 4 is 13.6 Å². The number of benzene rings is 1. The van der Waals surface area contributed by atoms with Gasteiger partial charge in [0.15, 0.2) is 5.66 Å². The van der Waals surface area contributed by atoms with Gasteiger partial charge in [0.05, 0.1) is 11.2 Å². The molecule has 0 amide bonds. The Kier molecular flexibility index (Phi) is 5.61. The number of hydrogen-bond acceptors (Lipinski definition) is 4. The second-order valence-corrected chi connectivity index (χ2v) is 9.06. The van der Waals surface area contributed by atoms with E-state index in [1.807, 2.05) is 0 Å². The first-order chi connectivity index (χ1) is 9.84. The van der Waals surface area contributed by atoms with Crippen LogP contribution in [0.3, 0.4) is 0 Å². The third kappa shape index (κ3) is 5.56. The molecule has 0 bridgehead atoms. The van der Waals surface area contributed by atoms with E-state index in [0.717, 1.165) is 0 Å². The molecule has 0 aliphatic rings. The van der Waals surface area contributed by atoms with Crippen LogP contribution in [-0.2, 0) is 18.4 Å². The number of carboxylic acid groups (broad SMARTS) is 1. The van der Waals surface area contributed by atoms with Crippen LogP contribution < -0.4 is 0 Å². The van der Waals surface area contributed by atoms with E-state index in [9.17, 15) is 14.5 Å². The lowest BCUT2D eigenvalue weighted by Gasteiger charge is -2.35. The highest BCUT2D eigenvalue weighted by atomic mass is 31.2. The summed E-state index contributed by atoms with van der Waals surface area (Å²) >= 11 is 0. The number of carboxylic acids is 1. The monoisotopic (exact) mass is 328 g/mol. The van der Waals surface area contributed by atoms with Crippen molar-refractivity contribution in [2.45, 2.75) is 58.4 Å². The second kappa shape index (κ2) is 6.53. The molecule has 1 N–H and O–H groups in total. The van der Waals surface area contributed by atoms with Crippen molar-refractivity contribution in [2.24, 2.45) is 0 Å². The van der Waals surface area contributed by atoms with Gasteiger partial charge in [0.25, 0.3) is 0 Å². The standard InChI is InChI=1S/C16H25O5P/c1-15(2,3)20-22(19,21-16(4,5)6)13(14(17)18)12-10-8-7-9-11-12/h7-11,13H,1-6H3,(H,17,18). The predicted molar refractivity (Wildman–Crippen MR) is 86.1 cm³/mol. The highest BCUT2D eigenvalue weighted by Gasteiger charge is 2.47. The lowest BCUT2D eigenvalue weighted by molar-refractivity contribution is -0.137. The van der Waals surface area contributed by atoms with E-state index < -0.39 is 30.4 Å². The molecule has 0 heterocycles. The van der Waals surface area contributed by atoms with E-state index in [1.54, 1.807) is 71.9 Å². The fourth-order valence-electron chi connectivity index (χ4n) is 1.98. The molecule has 1 unspecified atom stereocenters. The molecule has 1 rings (SSSR count). The molecule has 1 aromatic rings. The van der Waals surface area contributed by atoms with Gasteiger partial charge < -0.3 is 14.2 Å². The maximum absolute atomic E-state index is 13.4. The lowest BCUT2D eigenvalue weighted by Crippen LogP contribution is -2.28. The average Bonchev–Trinajstić information content (AvgIpc) is 2.23. The molecule has 1 atom stereocenters. The fourth-order valence-corrected chi connectivity index (χ4v) is 4.57. The Balaban J connectivity index is 3.39. The second-order valence-electron chi connectivity index (χ2n) is 7.10. The Labute approximate surface area is 132 Å². The van der Waals surface area contributed by atoms with Gasteiger partial charge in [-0.3, -0.25) is 9.36 Å². The first kappa shape index (κ1) is 18.9. The fraction of sp³-hybridized carbons (Fsp3) is 0.562. The average molecular weight is 328 g/mol. The summed E-state index contributed by atoms with van der Waals surface area (Å²) < 4.78 is 24.6. The molecule has 0 radical (unpaired) electrons. The van der Waals surface area contributed by atoms with Gasteiger partial charge in [-0.2, -0.15) is 0 Å². The van der Waals surface area contributed by atoms with Crippen molar-refractivity contribution in [3.8, 4) is 0 Å². The third-order valence-corrected chi connectivity index (χ3v) is 5.22. The van der Waals surface area contributed by atoms with E-state index in [4.69, 9.17) is 9.05 Å². The normalized spacial score (nSPS) is 14.6. The van der Waals surface area contributed by atoms with E-state index in [0.29, 0.717) is 5.56 Å². The molecular formula is C16H25O5P. The molecule has 0 saturated carbocycles. The van der Waals surface area contributed by atoms with Crippen molar-refractivity contribution in [1.29, 1.82) is 0 Å². The minimum Gasteiger partial charge on any atom is -0.480 e. The molecule has 0 aliphatic heterocycles. The summed E-state index contributed by atoms with van der Waals surface area (Å²) in [6.07, 6.45) is 0. The van der Waals surface area contributed by atoms with Gasteiger partial charge in [-0.05, 0) is 47.1 Å². The minimum atomic E-state index is -3.95. The van der Waals surface area contributed by atoms with Crippen LogP contribution in [0, 0.1) is 0 Å². The van der Waals surface area contributed by atoms with Gasteiger partial charge >= 0.3 is 13.6 Å². The number of aliphatic carboxylic acids is 1. The lowest BCUT2D eigenvalue weighted by atomic mass is 10.1. The molecule has 6 heteroatoms. The summed E-state index contributed by atoms with van der Waals surface area (Å²) in [5, 5.41) is 9.62. The van der Waals surface area contributed by atoms with E-state index in [2.05, 4.69) is 0 Å². The Morgan fingerprint density at radius 1 is 1.00 bits per heavy atom. The summed E-state index contributed by atoms with van der Waals surface area (Å²) in [5.74, 6) is -1.23. The van der Waals surface area contributed by atoms with Crippen LogP contribution in [-0.4, -0.2) is 22.3 Å². The predicted octanol–water partition coefficient (Wildman–Crippen LogP) is 4.64. The van der Waals surface area contributed by atoms with Gasteiger partial charge in [-0.15, -0.1) is 0 Å². The first-order valence-corrected chi connectivity index (χ1v) is 8.74. The van der Waals surface area contributed by atoms with Crippen molar-refractivity contribution < 1.29 is 23.5 Å². The van der Waals surface area contributed by atoms with Crippen LogP contribution in [0.25, 0.3) is 0 Å². The van der Waals surface area contributed by atoms with Gasteiger partial charge in [0.1, 0.15) is 0 Å². The molecule has 0 aliphatic carbocycles. The first-order valence-electron chi connectivity index (χ1n) is 7.13. The van der Waals surface area contributed by atoms with Crippen molar-refractivity contribution in [2.75, 3.05) is 0 Å². The van der Waals surface area contributed by atoms with Crippen LogP contribution in [0.15, 0.2) is 30.3 Å². The number of hydrogen-bond donors (Lipinski definition) is 1. The maximum Gasteiger partial charge on any atom is 0.350 e. The Hall–Kier alpha value is -1.16. The molecular weight excluding hydrogens is 303 g/mol. The van der Waals surface area contributed by atoms with E-state index >= 15 is 0 Å². The van der Waals surface area contributed by atoms with Crippen LogP contribution >= 0.6 is 7.60 Å². The SMILES string of the molecule is CC(C)(C)OP(=O)(OC(C)(C)C)C(C(=O)O)c1ccccc1. The summed E-state index contributed by atoms with van der Waals surface area (Å²) in [6.45, 7) is 10.3. The quantitative estimate of drug-likeness (QED) is 0.797. The molecule has 0 saturated heterocycles. The maximum atomic E-state index is 13.4. The summed E-state index contributed by atoms with van der Waals surface area (Å²) in [6, 6.07) is 8.39. The summed E-state index contributed by atoms with van der Waals surface area (Å²) in [4.78, 5) is 11.8. The highest BCUT2D eigenvalue weighted by molar-refractivity contribution is 7.55. The van der Waals surface area contributed by atoms with Gasteiger partial charge in [0.2, 0.25) is 0 Å². The van der Waals surface area contributed by atoms with Gasteiger partial charge in [-0.1, -0.05) is 30.3 Å². The van der Waals surface area contributed by atoms with Crippen LogP contribution in [0.1, 0.15) is 52.8 Å². The largest absolute Gasteiger partial charge is 0.480 e. The molecule has 0 aromatic heterocycles. The zero-order chi connectivity index (χ0) is 17.2. The highest BCUT2D eigenvalue weighted by Crippen LogP contribution is 2.64. The Bertz CT molecular complexity index is 534. The topological polar surface area (TPSA) is 72.8 Å². The molecule has 22 heavy (non-hydrogen) atoms. The zero-order valence-corrected chi connectivity index (χ0v) is 14.9. The van der Waals surface area contributed by atoms with Crippen LogP contribution in [0.2, 0.25) is 0 Å². The van der Waals surface area contributed by atoms with Crippen molar-refractivity contribution in [3.05, 3.63) is 35.9 Å². The van der Waals surface area contributed by atoms with E-state index in [1.165, 1.54) is 0 Å². The van der Waals surface area contributed by atoms with Crippen molar-refractivity contribution in [1.82, 2.24) is 0 Å². The van der Waals surface area contributed by atoms with Crippen molar-refractivity contribution in [3.63, 3.8) is 0 Å². The summed E-state index contributed by atoms with van der Waals surface area (Å²) in [7, 11) is -3.95. The Morgan fingerprint density at radius 3 is 1.73 bits per heavy atom. The Morgan fingerprint density at radius 2 is 1.41 bits per heavy atom. The van der Waals surface area contributed by atoms with Gasteiger partial charge in [-0.25, -0.2) is 0 Å². The number of carbonyl (C=O) groups is 1.